The summed E-state index contributed by atoms with van der Waals surface area (Å²) in [7, 11) is 3.22. The van der Waals surface area contributed by atoms with E-state index in [0.717, 1.165) is 49.3 Å². The Bertz CT molecular complexity index is 436. The summed E-state index contributed by atoms with van der Waals surface area (Å²) < 4.78 is 10.4. The first-order valence-corrected chi connectivity index (χ1v) is 7.39. The third kappa shape index (κ3) is 6.49. The van der Waals surface area contributed by atoms with Crippen LogP contribution in [0.5, 0.6) is 11.5 Å². The summed E-state index contributed by atoms with van der Waals surface area (Å²) in [4.78, 5) is 11.8. The first-order chi connectivity index (χ1) is 10.2. The number of carbonyl (C=O) groups excluding carboxylic acids is 1. The average Bonchev–Trinajstić information content (AvgIpc) is 2.52. The van der Waals surface area contributed by atoms with E-state index in [-0.39, 0.29) is 5.91 Å². The Morgan fingerprint density at radius 2 is 1.90 bits per heavy atom. The SMILES string of the molecule is COc1ccc(CNC(=O)CCCCCCN)c(OC)c1. The highest BCUT2D eigenvalue weighted by atomic mass is 16.5. The molecular formula is C16H26N2O3. The number of nitrogens with one attached hydrogen (secondary N) is 1. The van der Waals surface area contributed by atoms with E-state index in [2.05, 4.69) is 5.32 Å². The zero-order valence-electron chi connectivity index (χ0n) is 13.0. The van der Waals surface area contributed by atoms with Gasteiger partial charge in [-0.25, -0.2) is 0 Å². The maximum Gasteiger partial charge on any atom is 0.220 e. The molecule has 0 aromatic heterocycles. The van der Waals surface area contributed by atoms with E-state index in [1.807, 2.05) is 18.2 Å². The third-order valence-corrected chi connectivity index (χ3v) is 3.33. The molecule has 1 aromatic carbocycles. The highest BCUT2D eigenvalue weighted by Crippen LogP contribution is 2.24. The Morgan fingerprint density at radius 1 is 1.14 bits per heavy atom. The molecular weight excluding hydrogens is 268 g/mol. The van der Waals surface area contributed by atoms with Crippen LogP contribution in [0.25, 0.3) is 0 Å². The molecule has 5 nitrogen and oxygen atoms in total. The second-order valence-corrected chi connectivity index (χ2v) is 4.91. The first-order valence-electron chi connectivity index (χ1n) is 7.39. The van der Waals surface area contributed by atoms with Crippen molar-refractivity contribution in [2.24, 2.45) is 5.73 Å². The molecule has 1 amide bonds. The lowest BCUT2D eigenvalue weighted by atomic mass is 10.1. The normalized spacial score (nSPS) is 10.2. The van der Waals surface area contributed by atoms with Gasteiger partial charge in [-0.3, -0.25) is 4.79 Å². The second kappa shape index (κ2) is 10.0. The molecule has 3 N–H and O–H groups in total. The molecule has 21 heavy (non-hydrogen) atoms. The predicted octanol–water partition coefficient (Wildman–Crippen LogP) is 2.23. The van der Waals surface area contributed by atoms with Crippen LogP contribution in [0.15, 0.2) is 18.2 Å². The van der Waals surface area contributed by atoms with E-state index in [0.29, 0.717) is 13.0 Å². The summed E-state index contributed by atoms with van der Waals surface area (Å²) in [6.07, 6.45) is 4.64. The van der Waals surface area contributed by atoms with E-state index < -0.39 is 0 Å². The zero-order chi connectivity index (χ0) is 15.5. The summed E-state index contributed by atoms with van der Waals surface area (Å²) in [6, 6.07) is 5.57. The van der Waals surface area contributed by atoms with E-state index in [1.54, 1.807) is 14.2 Å². The Labute approximate surface area is 126 Å². The molecule has 1 rings (SSSR count). The summed E-state index contributed by atoms with van der Waals surface area (Å²) in [5.74, 6) is 1.53. The lowest BCUT2D eigenvalue weighted by molar-refractivity contribution is -0.121. The molecule has 0 aliphatic rings. The topological polar surface area (TPSA) is 73.6 Å². The number of rotatable bonds is 10. The minimum atomic E-state index is 0.0700. The monoisotopic (exact) mass is 294 g/mol. The molecule has 118 valence electrons. The van der Waals surface area contributed by atoms with Crippen LogP contribution in [-0.4, -0.2) is 26.7 Å². The Morgan fingerprint density at radius 3 is 2.57 bits per heavy atom. The Kier molecular flexibility index (Phi) is 8.28. The summed E-state index contributed by atoms with van der Waals surface area (Å²) in [5.41, 5.74) is 6.37. The van der Waals surface area contributed by atoms with E-state index in [1.165, 1.54) is 0 Å². The molecule has 0 radical (unpaired) electrons. The van der Waals surface area contributed by atoms with Crippen LogP contribution in [-0.2, 0) is 11.3 Å². The minimum Gasteiger partial charge on any atom is -0.497 e. The van der Waals surface area contributed by atoms with Crippen molar-refractivity contribution in [1.82, 2.24) is 5.32 Å². The number of methoxy groups -OCH3 is 2. The molecule has 0 unspecified atom stereocenters. The van der Waals surface area contributed by atoms with Crippen LogP contribution in [0.3, 0.4) is 0 Å². The minimum absolute atomic E-state index is 0.0700. The van der Waals surface area contributed by atoms with Gasteiger partial charge in [-0.05, 0) is 31.5 Å². The van der Waals surface area contributed by atoms with Crippen LogP contribution in [0.2, 0.25) is 0 Å². The zero-order valence-corrected chi connectivity index (χ0v) is 13.0. The summed E-state index contributed by atoms with van der Waals surface area (Å²) >= 11 is 0. The molecule has 0 atom stereocenters. The third-order valence-electron chi connectivity index (χ3n) is 3.33. The van der Waals surface area contributed by atoms with Gasteiger partial charge in [0.05, 0.1) is 14.2 Å². The van der Waals surface area contributed by atoms with Gasteiger partial charge in [0, 0.05) is 24.6 Å². The van der Waals surface area contributed by atoms with E-state index in [9.17, 15) is 4.79 Å². The standard InChI is InChI=1S/C16H26N2O3/c1-20-14-9-8-13(15(11-14)21-2)12-18-16(19)7-5-3-4-6-10-17/h8-9,11H,3-7,10,12,17H2,1-2H3,(H,18,19). The fourth-order valence-corrected chi connectivity index (χ4v) is 2.06. The van der Waals surface area contributed by atoms with Crippen LogP contribution in [0.4, 0.5) is 0 Å². The van der Waals surface area contributed by atoms with Gasteiger partial charge < -0.3 is 20.5 Å². The Hall–Kier alpha value is -1.75. The summed E-state index contributed by atoms with van der Waals surface area (Å²) in [5, 5.41) is 2.92. The van der Waals surface area contributed by atoms with Gasteiger partial charge in [-0.2, -0.15) is 0 Å². The fourth-order valence-electron chi connectivity index (χ4n) is 2.06. The lowest BCUT2D eigenvalue weighted by Gasteiger charge is -2.11. The molecule has 5 heteroatoms. The molecule has 0 heterocycles. The van der Waals surface area contributed by atoms with Crippen molar-refractivity contribution in [1.29, 1.82) is 0 Å². The van der Waals surface area contributed by atoms with Crippen molar-refractivity contribution in [2.75, 3.05) is 20.8 Å². The van der Waals surface area contributed by atoms with Crippen molar-refractivity contribution >= 4 is 5.91 Å². The van der Waals surface area contributed by atoms with Crippen molar-refractivity contribution in [2.45, 2.75) is 38.6 Å². The van der Waals surface area contributed by atoms with Gasteiger partial charge in [0.2, 0.25) is 5.91 Å². The molecule has 1 aromatic rings. The second-order valence-electron chi connectivity index (χ2n) is 4.91. The number of ether oxygens (including phenoxy) is 2. The molecule has 0 aliphatic heterocycles. The summed E-state index contributed by atoms with van der Waals surface area (Å²) in [6.45, 7) is 1.19. The van der Waals surface area contributed by atoms with Gasteiger partial charge in [0.25, 0.3) is 0 Å². The van der Waals surface area contributed by atoms with Crippen molar-refractivity contribution in [3.8, 4) is 11.5 Å². The van der Waals surface area contributed by atoms with Gasteiger partial charge >= 0.3 is 0 Å². The van der Waals surface area contributed by atoms with Crippen LogP contribution in [0, 0.1) is 0 Å². The van der Waals surface area contributed by atoms with Gasteiger partial charge in [-0.15, -0.1) is 0 Å². The van der Waals surface area contributed by atoms with Crippen molar-refractivity contribution in [3.05, 3.63) is 23.8 Å². The number of carbonyl (C=O) groups is 1. The molecule has 0 fully saturated rings. The number of amides is 1. The van der Waals surface area contributed by atoms with Gasteiger partial charge in [0.15, 0.2) is 0 Å². The van der Waals surface area contributed by atoms with Crippen molar-refractivity contribution in [3.63, 3.8) is 0 Å². The average molecular weight is 294 g/mol. The molecule has 0 aliphatic carbocycles. The van der Waals surface area contributed by atoms with Crippen molar-refractivity contribution < 1.29 is 14.3 Å². The van der Waals surface area contributed by atoms with Gasteiger partial charge in [0.1, 0.15) is 11.5 Å². The van der Waals surface area contributed by atoms with E-state index >= 15 is 0 Å². The largest absolute Gasteiger partial charge is 0.497 e. The van der Waals surface area contributed by atoms with Gasteiger partial charge in [-0.1, -0.05) is 12.8 Å². The number of hydrogen-bond acceptors (Lipinski definition) is 4. The first kappa shape index (κ1) is 17.3. The smallest absolute Gasteiger partial charge is 0.220 e. The quantitative estimate of drug-likeness (QED) is 0.649. The van der Waals surface area contributed by atoms with Crippen LogP contribution in [0.1, 0.15) is 37.7 Å². The highest BCUT2D eigenvalue weighted by Gasteiger charge is 2.07. The molecule has 0 bridgehead atoms. The van der Waals surface area contributed by atoms with Crippen LogP contribution >= 0.6 is 0 Å². The Balaban J connectivity index is 2.35. The maximum atomic E-state index is 11.8. The maximum absolute atomic E-state index is 11.8. The van der Waals surface area contributed by atoms with Crippen LogP contribution < -0.4 is 20.5 Å². The fraction of sp³-hybridized carbons (Fsp3) is 0.562. The molecule has 0 spiro atoms. The predicted molar refractivity (Wildman–Crippen MR) is 83.5 cm³/mol. The highest BCUT2D eigenvalue weighted by molar-refractivity contribution is 5.75. The number of benzene rings is 1. The number of nitrogens with two attached hydrogens (primary N) is 1. The number of hydrogen-bond donors (Lipinski definition) is 2. The van der Waals surface area contributed by atoms with E-state index in [4.69, 9.17) is 15.2 Å². The lowest BCUT2D eigenvalue weighted by Crippen LogP contribution is -2.22. The molecule has 0 saturated carbocycles. The number of unbranched alkanes of at least 4 members (excludes halogenated alkanes) is 3. The molecule has 0 saturated heterocycles.